The molecule has 1 rings (SSSR count). The van der Waals surface area contributed by atoms with Crippen molar-refractivity contribution in [2.24, 2.45) is 11.8 Å². The smallest absolute Gasteiger partial charge is 0.308 e. The third-order valence-electron chi connectivity index (χ3n) is 3.11. The van der Waals surface area contributed by atoms with Gasteiger partial charge in [-0.25, -0.2) is 0 Å². The fourth-order valence-corrected chi connectivity index (χ4v) is 2.64. The van der Waals surface area contributed by atoms with Crippen LogP contribution in [0.5, 0.6) is 0 Å². The molecule has 0 bridgehead atoms. The molecule has 4 nitrogen and oxygen atoms in total. The number of carboxylic acids is 1. The van der Waals surface area contributed by atoms with Gasteiger partial charge in [0.15, 0.2) is 0 Å². The standard InChI is InChI=1S/C16H23NO3S/c1-11(2)7-14(16(19)20)9-17-15(18)13-6-4-5-12(8-13)10-21-3/h4-6,8,11,14H,7,9-10H2,1-3H3,(H,17,18)(H,19,20). The van der Waals surface area contributed by atoms with Crippen molar-refractivity contribution in [1.29, 1.82) is 0 Å². The van der Waals surface area contributed by atoms with E-state index in [2.05, 4.69) is 5.32 Å². The molecule has 1 unspecified atom stereocenters. The Balaban J connectivity index is 2.63. The molecule has 1 aromatic rings. The normalized spacial score (nSPS) is 12.2. The summed E-state index contributed by atoms with van der Waals surface area (Å²) in [4.78, 5) is 23.3. The Labute approximate surface area is 130 Å². The number of rotatable bonds is 8. The summed E-state index contributed by atoms with van der Waals surface area (Å²) >= 11 is 1.69. The molecule has 0 aliphatic carbocycles. The lowest BCUT2D eigenvalue weighted by Crippen LogP contribution is -2.33. The highest BCUT2D eigenvalue weighted by Crippen LogP contribution is 2.13. The first-order valence-corrected chi connectivity index (χ1v) is 8.42. The summed E-state index contributed by atoms with van der Waals surface area (Å²) in [7, 11) is 0. The minimum Gasteiger partial charge on any atom is -0.481 e. The average molecular weight is 309 g/mol. The van der Waals surface area contributed by atoms with Crippen LogP contribution in [0.25, 0.3) is 0 Å². The zero-order valence-corrected chi connectivity index (χ0v) is 13.6. The summed E-state index contributed by atoms with van der Waals surface area (Å²) in [6.07, 6.45) is 2.57. The second-order valence-corrected chi connectivity index (χ2v) is 6.37. The van der Waals surface area contributed by atoms with Gasteiger partial charge in [-0.1, -0.05) is 26.0 Å². The maximum atomic E-state index is 12.1. The lowest BCUT2D eigenvalue weighted by molar-refractivity contribution is -0.142. The maximum absolute atomic E-state index is 12.1. The van der Waals surface area contributed by atoms with Gasteiger partial charge in [0.05, 0.1) is 5.92 Å². The Morgan fingerprint density at radius 3 is 2.62 bits per heavy atom. The van der Waals surface area contributed by atoms with Crippen LogP contribution in [0.2, 0.25) is 0 Å². The molecule has 0 spiro atoms. The van der Waals surface area contributed by atoms with Crippen LogP contribution in [0.4, 0.5) is 0 Å². The number of nitrogens with one attached hydrogen (secondary N) is 1. The van der Waals surface area contributed by atoms with E-state index in [0.717, 1.165) is 11.3 Å². The summed E-state index contributed by atoms with van der Waals surface area (Å²) in [5.74, 6) is -0.476. The van der Waals surface area contributed by atoms with Gasteiger partial charge in [-0.15, -0.1) is 0 Å². The van der Waals surface area contributed by atoms with Gasteiger partial charge in [0, 0.05) is 17.9 Å². The van der Waals surface area contributed by atoms with E-state index in [4.69, 9.17) is 5.11 Å². The topological polar surface area (TPSA) is 66.4 Å². The fourth-order valence-electron chi connectivity index (χ4n) is 2.13. The third kappa shape index (κ3) is 6.21. The highest BCUT2D eigenvalue weighted by atomic mass is 32.2. The van der Waals surface area contributed by atoms with E-state index in [0.29, 0.717) is 12.0 Å². The predicted molar refractivity (Wildman–Crippen MR) is 86.6 cm³/mol. The molecule has 0 heterocycles. The second kappa shape index (κ2) is 8.72. The molecular formula is C16H23NO3S. The van der Waals surface area contributed by atoms with Gasteiger partial charge in [-0.2, -0.15) is 11.8 Å². The van der Waals surface area contributed by atoms with Crippen LogP contribution < -0.4 is 5.32 Å². The maximum Gasteiger partial charge on any atom is 0.308 e. The van der Waals surface area contributed by atoms with Gasteiger partial charge >= 0.3 is 5.97 Å². The van der Waals surface area contributed by atoms with Crippen LogP contribution in [0.15, 0.2) is 24.3 Å². The molecule has 116 valence electrons. The Kier molecular flexibility index (Phi) is 7.29. The van der Waals surface area contributed by atoms with E-state index in [1.54, 1.807) is 17.8 Å². The summed E-state index contributed by atoms with van der Waals surface area (Å²) in [6.45, 7) is 4.12. The van der Waals surface area contributed by atoms with Crippen LogP contribution in [0, 0.1) is 11.8 Å². The average Bonchev–Trinajstić information content (AvgIpc) is 2.43. The highest BCUT2D eigenvalue weighted by Gasteiger charge is 2.20. The van der Waals surface area contributed by atoms with E-state index in [9.17, 15) is 9.59 Å². The summed E-state index contributed by atoms with van der Waals surface area (Å²) in [6, 6.07) is 7.43. The Hall–Kier alpha value is -1.49. The molecule has 1 amide bonds. The molecule has 0 radical (unpaired) electrons. The van der Waals surface area contributed by atoms with E-state index in [1.807, 2.05) is 38.3 Å². The fraction of sp³-hybridized carbons (Fsp3) is 0.500. The molecule has 0 saturated heterocycles. The Morgan fingerprint density at radius 1 is 1.33 bits per heavy atom. The van der Waals surface area contributed by atoms with Crippen molar-refractivity contribution in [3.63, 3.8) is 0 Å². The van der Waals surface area contributed by atoms with E-state index >= 15 is 0 Å². The van der Waals surface area contributed by atoms with Crippen LogP contribution in [-0.4, -0.2) is 29.8 Å². The summed E-state index contributed by atoms with van der Waals surface area (Å²) in [5.41, 5.74) is 1.67. The van der Waals surface area contributed by atoms with E-state index in [1.165, 1.54) is 0 Å². The van der Waals surface area contributed by atoms with E-state index in [-0.39, 0.29) is 18.4 Å². The third-order valence-corrected chi connectivity index (χ3v) is 3.74. The quantitative estimate of drug-likeness (QED) is 0.774. The number of thioether (sulfide) groups is 1. The van der Waals surface area contributed by atoms with Crippen molar-refractivity contribution in [2.75, 3.05) is 12.8 Å². The van der Waals surface area contributed by atoms with Gasteiger partial charge in [0.1, 0.15) is 0 Å². The lowest BCUT2D eigenvalue weighted by Gasteiger charge is -2.15. The number of carbonyl (C=O) groups is 2. The molecule has 1 aromatic carbocycles. The molecule has 0 aliphatic heterocycles. The highest BCUT2D eigenvalue weighted by molar-refractivity contribution is 7.97. The number of amides is 1. The number of hydrogen-bond donors (Lipinski definition) is 2. The predicted octanol–water partition coefficient (Wildman–Crippen LogP) is 3.03. The van der Waals surface area contributed by atoms with E-state index < -0.39 is 11.9 Å². The molecule has 0 aromatic heterocycles. The van der Waals surface area contributed by atoms with Crippen molar-refractivity contribution in [3.05, 3.63) is 35.4 Å². The molecule has 0 aliphatic rings. The van der Waals surface area contributed by atoms with Gasteiger partial charge in [-0.05, 0) is 36.3 Å². The number of carboxylic acid groups (broad SMARTS) is 1. The molecule has 0 fully saturated rings. The van der Waals surface area contributed by atoms with Crippen molar-refractivity contribution in [3.8, 4) is 0 Å². The first-order valence-electron chi connectivity index (χ1n) is 7.03. The Bertz CT molecular complexity index is 488. The van der Waals surface area contributed by atoms with Crippen LogP contribution >= 0.6 is 11.8 Å². The van der Waals surface area contributed by atoms with Gasteiger partial charge in [-0.3, -0.25) is 9.59 Å². The van der Waals surface area contributed by atoms with Gasteiger partial charge in [0.25, 0.3) is 5.91 Å². The first-order chi connectivity index (χ1) is 9.93. The Morgan fingerprint density at radius 2 is 2.05 bits per heavy atom. The zero-order valence-electron chi connectivity index (χ0n) is 12.8. The minimum atomic E-state index is -0.861. The number of hydrogen-bond acceptors (Lipinski definition) is 3. The van der Waals surface area contributed by atoms with Crippen molar-refractivity contribution in [1.82, 2.24) is 5.32 Å². The van der Waals surface area contributed by atoms with Crippen LogP contribution in [0.1, 0.15) is 36.2 Å². The summed E-state index contributed by atoms with van der Waals surface area (Å²) < 4.78 is 0. The molecule has 1 atom stereocenters. The van der Waals surface area contributed by atoms with Gasteiger partial charge in [0.2, 0.25) is 0 Å². The largest absolute Gasteiger partial charge is 0.481 e. The molecule has 5 heteroatoms. The molecular weight excluding hydrogens is 286 g/mol. The van der Waals surface area contributed by atoms with Crippen LogP contribution in [0.3, 0.4) is 0 Å². The number of aliphatic carboxylic acids is 1. The molecule has 0 saturated carbocycles. The second-order valence-electron chi connectivity index (χ2n) is 5.51. The van der Waals surface area contributed by atoms with Crippen molar-refractivity contribution in [2.45, 2.75) is 26.0 Å². The summed E-state index contributed by atoms with van der Waals surface area (Å²) in [5, 5.41) is 11.9. The lowest BCUT2D eigenvalue weighted by atomic mass is 9.97. The SMILES string of the molecule is CSCc1cccc(C(=O)NCC(CC(C)C)C(=O)O)c1. The zero-order chi connectivity index (χ0) is 15.8. The first kappa shape index (κ1) is 17.6. The van der Waals surface area contributed by atoms with Crippen LogP contribution in [-0.2, 0) is 10.5 Å². The minimum absolute atomic E-state index is 0.166. The van der Waals surface area contributed by atoms with Crippen molar-refractivity contribution < 1.29 is 14.7 Å². The monoisotopic (exact) mass is 309 g/mol. The molecule has 2 N–H and O–H groups in total. The van der Waals surface area contributed by atoms with Gasteiger partial charge < -0.3 is 10.4 Å². The number of carbonyl (C=O) groups excluding carboxylic acids is 1. The van der Waals surface area contributed by atoms with Crippen molar-refractivity contribution >= 4 is 23.6 Å². The molecule has 21 heavy (non-hydrogen) atoms. The number of benzene rings is 1.